The van der Waals surface area contributed by atoms with Crippen molar-refractivity contribution in [1.29, 1.82) is 0 Å². The zero-order valence-electron chi connectivity index (χ0n) is 12.3. The summed E-state index contributed by atoms with van der Waals surface area (Å²) in [5.74, 6) is -0.168. The van der Waals surface area contributed by atoms with Crippen LogP contribution in [0.5, 0.6) is 0 Å². The number of fused-ring (bicyclic) bond motifs is 1. The first-order chi connectivity index (χ1) is 11.1. The predicted octanol–water partition coefficient (Wildman–Crippen LogP) is 5.56. The van der Waals surface area contributed by atoms with Crippen LogP contribution in [0.4, 0.5) is 26.3 Å². The molecule has 0 aliphatic heterocycles. The molecule has 0 bridgehead atoms. The van der Waals surface area contributed by atoms with E-state index in [0.29, 0.717) is 5.56 Å². The first-order valence-corrected chi connectivity index (χ1v) is 7.01. The molecule has 0 N–H and O–H groups in total. The number of benzene rings is 1. The molecule has 24 heavy (non-hydrogen) atoms. The highest BCUT2D eigenvalue weighted by molar-refractivity contribution is 5.64. The minimum absolute atomic E-state index is 0.0547. The molecule has 1 aliphatic rings. The number of hydrogen-bond acceptors (Lipinski definition) is 2. The van der Waals surface area contributed by atoms with Crippen LogP contribution in [0.3, 0.4) is 0 Å². The lowest BCUT2D eigenvalue weighted by atomic mass is 10.0. The zero-order valence-corrected chi connectivity index (χ0v) is 12.3. The lowest BCUT2D eigenvalue weighted by Gasteiger charge is -2.14. The average Bonchev–Trinajstić information content (AvgIpc) is 2.88. The topological polar surface area (TPSA) is 26.0 Å². The minimum atomic E-state index is -4.62. The van der Waals surface area contributed by atoms with Crippen LogP contribution in [0, 0.1) is 6.92 Å². The zero-order chi connectivity index (χ0) is 17.7. The molecule has 0 radical (unpaired) electrons. The van der Waals surface area contributed by atoms with E-state index in [1.807, 2.05) is 0 Å². The van der Waals surface area contributed by atoms with Gasteiger partial charge in [-0.15, -0.1) is 0 Å². The standard InChI is InChI=1S/C16H11F6NO/c1-8-2-4-10(11(6-8)16(20,21)22)14-23-12-7-9(15(17,18)19)3-5-13(12)24-14/h2,4,6-7H,3,5H2,1H3. The van der Waals surface area contributed by atoms with Crippen LogP contribution in [0.1, 0.15) is 29.0 Å². The smallest absolute Gasteiger partial charge is 0.417 e. The number of halogens is 6. The number of alkyl halides is 6. The van der Waals surface area contributed by atoms with E-state index in [9.17, 15) is 26.3 Å². The lowest BCUT2D eigenvalue weighted by molar-refractivity contribution is -0.137. The second-order valence-electron chi connectivity index (χ2n) is 5.54. The van der Waals surface area contributed by atoms with Gasteiger partial charge in [0.1, 0.15) is 11.5 Å². The average molecular weight is 347 g/mol. The molecule has 1 aliphatic carbocycles. The van der Waals surface area contributed by atoms with Gasteiger partial charge in [-0.25, -0.2) is 4.98 Å². The van der Waals surface area contributed by atoms with Crippen LogP contribution in [0.15, 0.2) is 28.2 Å². The molecule has 0 amide bonds. The summed E-state index contributed by atoms with van der Waals surface area (Å²) < 4.78 is 83.1. The van der Waals surface area contributed by atoms with Crippen molar-refractivity contribution in [3.63, 3.8) is 0 Å². The highest BCUT2D eigenvalue weighted by Crippen LogP contribution is 2.40. The van der Waals surface area contributed by atoms with E-state index in [4.69, 9.17) is 4.42 Å². The van der Waals surface area contributed by atoms with E-state index in [1.54, 1.807) is 0 Å². The number of aryl methyl sites for hydroxylation is 2. The second-order valence-corrected chi connectivity index (χ2v) is 5.54. The molecular formula is C16H11F6NO. The van der Waals surface area contributed by atoms with Crippen molar-refractivity contribution in [2.75, 3.05) is 0 Å². The number of aromatic nitrogens is 1. The van der Waals surface area contributed by atoms with E-state index in [2.05, 4.69) is 4.98 Å². The molecule has 0 fully saturated rings. The van der Waals surface area contributed by atoms with Crippen molar-refractivity contribution in [2.45, 2.75) is 32.1 Å². The van der Waals surface area contributed by atoms with E-state index < -0.39 is 23.5 Å². The van der Waals surface area contributed by atoms with Gasteiger partial charge in [0.2, 0.25) is 5.89 Å². The largest absolute Gasteiger partial charge is 0.440 e. The number of nitrogens with zero attached hydrogens (tertiary/aromatic N) is 1. The molecule has 0 saturated carbocycles. The SMILES string of the molecule is Cc1ccc(-c2nc3c(o2)CCC(C(F)(F)F)=C3)c(C(F)(F)F)c1. The fourth-order valence-electron chi connectivity index (χ4n) is 2.56. The van der Waals surface area contributed by atoms with Gasteiger partial charge in [0.25, 0.3) is 0 Å². The van der Waals surface area contributed by atoms with E-state index in [1.165, 1.54) is 19.1 Å². The van der Waals surface area contributed by atoms with E-state index in [0.717, 1.165) is 12.1 Å². The lowest BCUT2D eigenvalue weighted by Crippen LogP contribution is -2.14. The summed E-state index contributed by atoms with van der Waals surface area (Å²) >= 11 is 0. The molecule has 0 unspecified atom stereocenters. The predicted molar refractivity (Wildman–Crippen MR) is 74.0 cm³/mol. The molecule has 0 atom stereocenters. The maximum absolute atomic E-state index is 13.2. The van der Waals surface area contributed by atoms with E-state index >= 15 is 0 Å². The van der Waals surface area contributed by atoms with Gasteiger partial charge in [-0.1, -0.05) is 11.6 Å². The summed E-state index contributed by atoms with van der Waals surface area (Å²) in [5.41, 5.74) is -1.65. The van der Waals surface area contributed by atoms with Gasteiger partial charge in [-0.05, 0) is 31.6 Å². The number of rotatable bonds is 1. The summed E-state index contributed by atoms with van der Waals surface area (Å²) in [6, 6.07) is 3.63. The molecule has 3 rings (SSSR count). The van der Waals surface area contributed by atoms with E-state index in [-0.39, 0.29) is 35.7 Å². The summed E-state index contributed by atoms with van der Waals surface area (Å²) in [6.45, 7) is 1.51. The molecule has 0 saturated heterocycles. The Labute approximate surface area is 132 Å². The fourth-order valence-corrected chi connectivity index (χ4v) is 2.56. The maximum atomic E-state index is 13.2. The Morgan fingerprint density at radius 1 is 1.00 bits per heavy atom. The van der Waals surface area contributed by atoms with Gasteiger partial charge < -0.3 is 4.42 Å². The summed E-state index contributed by atoms with van der Waals surface area (Å²) in [7, 11) is 0. The van der Waals surface area contributed by atoms with Crippen molar-refractivity contribution in [3.05, 3.63) is 46.4 Å². The number of hydrogen-bond donors (Lipinski definition) is 0. The Balaban J connectivity index is 2.09. The fraction of sp³-hybridized carbons (Fsp3) is 0.312. The molecule has 1 aromatic carbocycles. The van der Waals surface area contributed by atoms with Gasteiger partial charge in [-0.3, -0.25) is 0 Å². The third kappa shape index (κ3) is 3.05. The van der Waals surface area contributed by atoms with Crippen molar-refractivity contribution < 1.29 is 30.8 Å². The first-order valence-electron chi connectivity index (χ1n) is 7.01. The quantitative estimate of drug-likeness (QED) is 0.631. The number of oxazole rings is 1. The maximum Gasteiger partial charge on any atom is 0.417 e. The molecular weight excluding hydrogens is 336 g/mol. The van der Waals surface area contributed by atoms with Crippen LogP contribution < -0.4 is 0 Å². The Morgan fingerprint density at radius 2 is 1.71 bits per heavy atom. The second kappa shape index (κ2) is 5.39. The molecule has 0 spiro atoms. The summed E-state index contributed by atoms with van der Waals surface area (Å²) in [6.07, 6.45) is -8.62. The van der Waals surface area contributed by atoms with Gasteiger partial charge >= 0.3 is 12.4 Å². The summed E-state index contributed by atoms with van der Waals surface area (Å²) in [5, 5.41) is 0. The van der Waals surface area contributed by atoms with Crippen molar-refractivity contribution in [3.8, 4) is 11.5 Å². The van der Waals surface area contributed by atoms with Crippen LogP contribution in [0.2, 0.25) is 0 Å². The molecule has 2 nitrogen and oxygen atoms in total. The molecule has 1 aromatic heterocycles. The molecule has 8 heteroatoms. The van der Waals surface area contributed by atoms with Crippen molar-refractivity contribution >= 4 is 6.08 Å². The third-order valence-electron chi connectivity index (χ3n) is 3.73. The Morgan fingerprint density at radius 3 is 2.33 bits per heavy atom. The normalized spacial score (nSPS) is 15.2. The van der Waals surface area contributed by atoms with Gasteiger partial charge in [0.15, 0.2) is 0 Å². The van der Waals surface area contributed by atoms with Crippen LogP contribution in [0.25, 0.3) is 17.5 Å². The molecule has 1 heterocycles. The molecule has 128 valence electrons. The van der Waals surface area contributed by atoms with Gasteiger partial charge in [-0.2, -0.15) is 26.3 Å². The summed E-state index contributed by atoms with van der Waals surface area (Å²) in [4.78, 5) is 3.85. The van der Waals surface area contributed by atoms with Crippen molar-refractivity contribution in [2.24, 2.45) is 0 Å². The van der Waals surface area contributed by atoms with Crippen molar-refractivity contribution in [1.82, 2.24) is 4.98 Å². The Hall–Kier alpha value is -2.25. The third-order valence-corrected chi connectivity index (χ3v) is 3.73. The Bertz CT molecular complexity index is 813. The first kappa shape index (κ1) is 16.6. The van der Waals surface area contributed by atoms with Crippen LogP contribution in [-0.2, 0) is 12.6 Å². The minimum Gasteiger partial charge on any atom is -0.440 e. The highest BCUT2D eigenvalue weighted by atomic mass is 19.4. The monoisotopic (exact) mass is 347 g/mol. The number of allylic oxidation sites excluding steroid dienone is 1. The van der Waals surface area contributed by atoms with Crippen LogP contribution in [-0.4, -0.2) is 11.2 Å². The van der Waals surface area contributed by atoms with Gasteiger partial charge in [0, 0.05) is 17.6 Å². The Kier molecular flexibility index (Phi) is 3.73. The van der Waals surface area contributed by atoms with Gasteiger partial charge in [0.05, 0.1) is 5.56 Å². The highest BCUT2D eigenvalue weighted by Gasteiger charge is 2.38. The molecule has 2 aromatic rings. The van der Waals surface area contributed by atoms with Crippen LogP contribution >= 0.6 is 0 Å².